The Bertz CT molecular complexity index is 252. The van der Waals surface area contributed by atoms with E-state index in [0.717, 1.165) is 6.07 Å². The van der Waals surface area contributed by atoms with E-state index in [2.05, 4.69) is 10.3 Å². The largest absolute Gasteiger partial charge is 0.364 e. The van der Waals surface area contributed by atoms with E-state index in [-0.39, 0.29) is 5.82 Å². The summed E-state index contributed by atoms with van der Waals surface area (Å²) in [4.78, 5) is 3.33. The van der Waals surface area contributed by atoms with Gasteiger partial charge in [-0.2, -0.15) is 4.39 Å². The fourth-order valence-corrected chi connectivity index (χ4v) is 0.688. The highest BCUT2D eigenvalue weighted by Gasteiger charge is 2.02. The molecule has 0 radical (unpaired) electrons. The summed E-state index contributed by atoms with van der Waals surface area (Å²) >= 11 is 0. The summed E-state index contributed by atoms with van der Waals surface area (Å²) in [5.41, 5.74) is 0. The van der Waals surface area contributed by atoms with Gasteiger partial charge in [-0.15, -0.1) is 0 Å². The molecule has 1 N–H and O–H groups in total. The quantitative estimate of drug-likeness (QED) is 0.711. The molecule has 0 saturated carbocycles. The van der Waals surface area contributed by atoms with Gasteiger partial charge in [0.15, 0.2) is 0 Å². The zero-order valence-electron chi connectivity index (χ0n) is 6.10. The highest BCUT2D eigenvalue weighted by atomic mass is 19.3. The second kappa shape index (κ2) is 3.94. The Morgan fingerprint density at radius 3 is 2.75 bits per heavy atom. The molecule has 1 heterocycles. The molecule has 0 spiro atoms. The van der Waals surface area contributed by atoms with Crippen LogP contribution >= 0.6 is 0 Å². The predicted molar refractivity (Wildman–Crippen MR) is 38.7 cm³/mol. The molecule has 1 aromatic rings. The standard InChI is InChI=1S/C7H7F3N2/c8-5(9)4-11-7-3-1-2-6(10)12-7/h1-3,5H,4H2,(H,11,12). The summed E-state index contributed by atoms with van der Waals surface area (Å²) in [6.07, 6.45) is -2.46. The Morgan fingerprint density at radius 1 is 1.42 bits per heavy atom. The Kier molecular flexibility index (Phi) is 2.90. The number of nitrogens with one attached hydrogen (secondary N) is 1. The van der Waals surface area contributed by atoms with Crippen molar-refractivity contribution >= 4 is 5.82 Å². The monoisotopic (exact) mass is 176 g/mol. The zero-order valence-corrected chi connectivity index (χ0v) is 6.10. The number of alkyl halides is 2. The van der Waals surface area contributed by atoms with Gasteiger partial charge in [-0.3, -0.25) is 0 Å². The van der Waals surface area contributed by atoms with Crippen LogP contribution in [0.3, 0.4) is 0 Å². The maximum Gasteiger partial charge on any atom is 0.255 e. The minimum Gasteiger partial charge on any atom is -0.364 e. The molecule has 12 heavy (non-hydrogen) atoms. The molecule has 5 heteroatoms. The van der Waals surface area contributed by atoms with Gasteiger partial charge in [-0.05, 0) is 12.1 Å². The van der Waals surface area contributed by atoms with E-state index in [1.54, 1.807) is 0 Å². The summed E-state index contributed by atoms with van der Waals surface area (Å²) in [6, 6.07) is 3.97. The Balaban J connectivity index is 2.52. The smallest absolute Gasteiger partial charge is 0.255 e. The van der Waals surface area contributed by atoms with Crippen LogP contribution < -0.4 is 5.32 Å². The summed E-state index contributed by atoms with van der Waals surface area (Å²) in [7, 11) is 0. The molecule has 1 rings (SSSR count). The predicted octanol–water partition coefficient (Wildman–Crippen LogP) is 1.90. The number of hydrogen-bond donors (Lipinski definition) is 1. The van der Waals surface area contributed by atoms with Crippen LogP contribution in [0.4, 0.5) is 19.0 Å². The number of rotatable bonds is 3. The Hall–Kier alpha value is -1.26. The fraction of sp³-hybridized carbons (Fsp3) is 0.286. The maximum atomic E-state index is 12.4. The van der Waals surface area contributed by atoms with E-state index in [1.165, 1.54) is 12.1 Å². The number of aromatic nitrogens is 1. The number of anilines is 1. The second-order valence-corrected chi connectivity index (χ2v) is 2.12. The average molecular weight is 176 g/mol. The second-order valence-electron chi connectivity index (χ2n) is 2.12. The summed E-state index contributed by atoms with van der Waals surface area (Å²) in [6.45, 7) is -0.517. The van der Waals surface area contributed by atoms with Crippen LogP contribution in [0.15, 0.2) is 18.2 Å². The molecule has 0 saturated heterocycles. The van der Waals surface area contributed by atoms with Crippen molar-refractivity contribution in [2.75, 3.05) is 11.9 Å². The van der Waals surface area contributed by atoms with Gasteiger partial charge in [-0.1, -0.05) is 6.07 Å². The minimum atomic E-state index is -2.46. The molecule has 0 fully saturated rings. The number of hydrogen-bond acceptors (Lipinski definition) is 2. The van der Waals surface area contributed by atoms with Crippen LogP contribution in [0.25, 0.3) is 0 Å². The van der Waals surface area contributed by atoms with Crippen LogP contribution in [0, 0.1) is 5.95 Å². The van der Waals surface area contributed by atoms with E-state index >= 15 is 0 Å². The molecule has 66 valence electrons. The molecule has 0 amide bonds. The molecule has 0 aromatic carbocycles. The first-order valence-electron chi connectivity index (χ1n) is 3.33. The van der Waals surface area contributed by atoms with Crippen LogP contribution in [0.5, 0.6) is 0 Å². The Labute approximate surface area is 67.4 Å². The zero-order chi connectivity index (χ0) is 8.97. The van der Waals surface area contributed by atoms with Crippen molar-refractivity contribution in [1.82, 2.24) is 4.98 Å². The first-order valence-corrected chi connectivity index (χ1v) is 3.33. The molecule has 0 bridgehead atoms. The molecule has 0 aliphatic rings. The highest BCUT2D eigenvalue weighted by Crippen LogP contribution is 2.04. The highest BCUT2D eigenvalue weighted by molar-refractivity contribution is 5.33. The molecule has 0 aliphatic heterocycles. The van der Waals surface area contributed by atoms with Gasteiger partial charge >= 0.3 is 0 Å². The van der Waals surface area contributed by atoms with Gasteiger partial charge < -0.3 is 5.32 Å². The fourth-order valence-electron chi connectivity index (χ4n) is 0.688. The van der Waals surface area contributed by atoms with Gasteiger partial charge in [0.1, 0.15) is 5.82 Å². The van der Waals surface area contributed by atoms with E-state index in [9.17, 15) is 13.2 Å². The third-order valence-electron chi connectivity index (χ3n) is 1.15. The number of pyridine rings is 1. The first-order chi connectivity index (χ1) is 5.68. The molecule has 0 aliphatic carbocycles. The topological polar surface area (TPSA) is 24.9 Å². The van der Waals surface area contributed by atoms with Gasteiger partial charge in [-0.25, -0.2) is 13.8 Å². The maximum absolute atomic E-state index is 12.4. The van der Waals surface area contributed by atoms with E-state index in [4.69, 9.17) is 0 Å². The van der Waals surface area contributed by atoms with Gasteiger partial charge in [0.2, 0.25) is 5.95 Å². The van der Waals surface area contributed by atoms with Crippen molar-refractivity contribution in [2.45, 2.75) is 6.43 Å². The molecule has 0 atom stereocenters. The number of nitrogens with zero attached hydrogens (tertiary/aromatic N) is 1. The van der Waals surface area contributed by atoms with Gasteiger partial charge in [0.25, 0.3) is 6.43 Å². The van der Waals surface area contributed by atoms with Crippen molar-refractivity contribution in [1.29, 1.82) is 0 Å². The van der Waals surface area contributed by atoms with E-state index < -0.39 is 18.9 Å². The summed E-state index contributed by atoms with van der Waals surface area (Å²) in [5, 5.41) is 2.28. The first kappa shape index (κ1) is 8.83. The van der Waals surface area contributed by atoms with Crippen LogP contribution in [-0.2, 0) is 0 Å². The molecule has 0 unspecified atom stereocenters. The molecular weight excluding hydrogens is 169 g/mol. The normalized spacial score (nSPS) is 10.3. The molecule has 2 nitrogen and oxygen atoms in total. The molecular formula is C7H7F3N2. The lowest BCUT2D eigenvalue weighted by Crippen LogP contribution is -2.11. The van der Waals surface area contributed by atoms with Crippen LogP contribution in [-0.4, -0.2) is 18.0 Å². The molecule has 1 aromatic heterocycles. The SMILES string of the molecule is Fc1cccc(NCC(F)F)n1. The van der Waals surface area contributed by atoms with E-state index in [0.29, 0.717) is 0 Å². The lowest BCUT2D eigenvalue weighted by molar-refractivity contribution is 0.163. The van der Waals surface area contributed by atoms with Crippen molar-refractivity contribution in [3.05, 3.63) is 24.1 Å². The minimum absolute atomic E-state index is 0.121. The van der Waals surface area contributed by atoms with Gasteiger partial charge in [0.05, 0.1) is 6.54 Å². The third kappa shape index (κ3) is 2.77. The summed E-state index contributed by atoms with van der Waals surface area (Å²) < 4.78 is 35.6. The average Bonchev–Trinajstić information content (AvgIpc) is 2.01. The lowest BCUT2D eigenvalue weighted by atomic mass is 10.4. The van der Waals surface area contributed by atoms with Gasteiger partial charge in [0, 0.05) is 0 Å². The van der Waals surface area contributed by atoms with E-state index in [1.807, 2.05) is 0 Å². The Morgan fingerprint density at radius 2 is 2.17 bits per heavy atom. The van der Waals surface area contributed by atoms with Crippen molar-refractivity contribution in [3.8, 4) is 0 Å². The van der Waals surface area contributed by atoms with Crippen molar-refractivity contribution in [3.63, 3.8) is 0 Å². The lowest BCUT2D eigenvalue weighted by Gasteiger charge is -2.03. The van der Waals surface area contributed by atoms with Crippen molar-refractivity contribution in [2.24, 2.45) is 0 Å². The van der Waals surface area contributed by atoms with Crippen molar-refractivity contribution < 1.29 is 13.2 Å². The van der Waals surface area contributed by atoms with Crippen LogP contribution in [0.2, 0.25) is 0 Å². The number of halogens is 3. The summed E-state index contributed by atoms with van der Waals surface area (Å²) in [5.74, 6) is -0.565. The van der Waals surface area contributed by atoms with Crippen LogP contribution in [0.1, 0.15) is 0 Å². The third-order valence-corrected chi connectivity index (χ3v) is 1.15.